The number of amides is 3. The highest BCUT2D eigenvalue weighted by Gasteiger charge is 2.32. The first kappa shape index (κ1) is 14.1. The Morgan fingerprint density at radius 1 is 1.00 bits per heavy atom. The van der Waals surface area contributed by atoms with Gasteiger partial charge in [0.2, 0.25) is 5.91 Å². The number of imide groups is 1. The van der Waals surface area contributed by atoms with E-state index in [1.807, 2.05) is 66.7 Å². The number of hydrogen-bond donors (Lipinski definition) is 1. The Hall–Kier alpha value is -2.88. The summed E-state index contributed by atoms with van der Waals surface area (Å²) in [4.78, 5) is 25.5. The lowest BCUT2D eigenvalue weighted by Crippen LogP contribution is -2.47. The number of rotatable bonds is 2. The van der Waals surface area contributed by atoms with Crippen LogP contribution in [0.3, 0.4) is 0 Å². The van der Waals surface area contributed by atoms with E-state index < -0.39 is 12.1 Å². The minimum absolute atomic E-state index is 0.283. The molecule has 0 saturated heterocycles. The highest BCUT2D eigenvalue weighted by molar-refractivity contribution is 5.99. The zero-order valence-corrected chi connectivity index (χ0v) is 12.2. The zero-order chi connectivity index (χ0) is 15.5. The minimum atomic E-state index is -0.400. The summed E-state index contributed by atoms with van der Waals surface area (Å²) < 4.78 is 0. The van der Waals surface area contributed by atoms with Gasteiger partial charge in [0.25, 0.3) is 0 Å². The molecule has 3 amide bonds. The van der Waals surface area contributed by atoms with Crippen molar-refractivity contribution in [2.45, 2.75) is 13.0 Å². The standard InChI is InChI=1S/C18H16N2O2/c1-13(21)20-17(15-10-6-3-7-11-15)12-16(19-18(20)22)14-8-4-2-5-9-14/h2-12,17H,1H3,(H,19,22). The molecule has 1 aliphatic heterocycles. The summed E-state index contributed by atoms with van der Waals surface area (Å²) in [6, 6.07) is 18.3. The van der Waals surface area contributed by atoms with Crippen molar-refractivity contribution >= 4 is 17.6 Å². The van der Waals surface area contributed by atoms with Crippen molar-refractivity contribution in [1.82, 2.24) is 10.2 Å². The Bertz CT molecular complexity index is 723. The van der Waals surface area contributed by atoms with Gasteiger partial charge < -0.3 is 5.32 Å². The van der Waals surface area contributed by atoms with Gasteiger partial charge in [-0.15, -0.1) is 0 Å². The highest BCUT2D eigenvalue weighted by Crippen LogP contribution is 2.29. The van der Waals surface area contributed by atoms with Crippen molar-refractivity contribution in [3.8, 4) is 0 Å². The van der Waals surface area contributed by atoms with Gasteiger partial charge in [0.15, 0.2) is 0 Å². The average molecular weight is 292 g/mol. The largest absolute Gasteiger partial charge is 0.329 e. The molecule has 0 spiro atoms. The number of carbonyl (C=O) groups excluding carboxylic acids is 2. The maximum atomic E-state index is 12.4. The summed E-state index contributed by atoms with van der Waals surface area (Å²) in [5.74, 6) is -0.283. The third-order valence-electron chi connectivity index (χ3n) is 3.63. The van der Waals surface area contributed by atoms with Gasteiger partial charge in [-0.2, -0.15) is 0 Å². The molecule has 0 aliphatic carbocycles. The van der Waals surface area contributed by atoms with Crippen molar-refractivity contribution in [2.75, 3.05) is 0 Å². The Morgan fingerprint density at radius 2 is 1.59 bits per heavy atom. The SMILES string of the molecule is CC(=O)N1C(=O)NC(c2ccccc2)=CC1c1ccccc1. The third-order valence-corrected chi connectivity index (χ3v) is 3.63. The molecule has 1 atom stereocenters. The molecule has 1 aliphatic rings. The van der Waals surface area contributed by atoms with Crippen LogP contribution in [0.5, 0.6) is 0 Å². The maximum absolute atomic E-state index is 12.4. The van der Waals surface area contributed by atoms with Gasteiger partial charge in [0.1, 0.15) is 0 Å². The monoisotopic (exact) mass is 292 g/mol. The second kappa shape index (κ2) is 5.85. The Kier molecular flexibility index (Phi) is 3.74. The zero-order valence-electron chi connectivity index (χ0n) is 12.2. The van der Waals surface area contributed by atoms with Crippen LogP contribution in [0.15, 0.2) is 66.7 Å². The summed E-state index contributed by atoms with van der Waals surface area (Å²) in [5.41, 5.74) is 2.54. The normalized spacial score (nSPS) is 17.7. The van der Waals surface area contributed by atoms with E-state index in [0.29, 0.717) is 0 Å². The smallest absolute Gasteiger partial charge is 0.307 e. The van der Waals surface area contributed by atoms with Crippen LogP contribution in [0, 0.1) is 0 Å². The first-order valence-corrected chi connectivity index (χ1v) is 7.10. The first-order valence-electron chi connectivity index (χ1n) is 7.10. The lowest BCUT2D eigenvalue weighted by atomic mass is 10.00. The van der Waals surface area contributed by atoms with E-state index in [1.165, 1.54) is 11.8 Å². The number of benzene rings is 2. The van der Waals surface area contributed by atoms with Crippen molar-refractivity contribution in [3.63, 3.8) is 0 Å². The lowest BCUT2D eigenvalue weighted by Gasteiger charge is -2.32. The summed E-state index contributed by atoms with van der Waals surface area (Å²) in [6.07, 6.45) is 1.91. The van der Waals surface area contributed by atoms with E-state index in [1.54, 1.807) is 0 Å². The summed E-state index contributed by atoms with van der Waals surface area (Å²) in [5, 5.41) is 2.79. The van der Waals surface area contributed by atoms with Gasteiger partial charge in [-0.05, 0) is 17.2 Å². The minimum Gasteiger partial charge on any atom is -0.307 e. The Labute approximate surface area is 129 Å². The van der Waals surface area contributed by atoms with Gasteiger partial charge in [-0.3, -0.25) is 9.69 Å². The van der Waals surface area contributed by atoms with Crippen LogP contribution in [0.25, 0.3) is 5.70 Å². The summed E-state index contributed by atoms with van der Waals surface area (Å²) in [6.45, 7) is 1.40. The number of carbonyl (C=O) groups is 2. The molecule has 0 aromatic heterocycles. The van der Waals surface area contributed by atoms with Gasteiger partial charge in [-0.25, -0.2) is 4.79 Å². The topological polar surface area (TPSA) is 49.4 Å². The summed E-state index contributed by atoms with van der Waals surface area (Å²) >= 11 is 0. The Morgan fingerprint density at radius 3 is 2.18 bits per heavy atom. The van der Waals surface area contributed by atoms with Crippen molar-refractivity contribution < 1.29 is 9.59 Å². The molecular weight excluding hydrogens is 276 g/mol. The van der Waals surface area contributed by atoms with Crippen molar-refractivity contribution in [3.05, 3.63) is 77.9 Å². The van der Waals surface area contributed by atoms with E-state index in [0.717, 1.165) is 16.8 Å². The number of hydrogen-bond acceptors (Lipinski definition) is 2. The van der Waals surface area contributed by atoms with E-state index in [4.69, 9.17) is 0 Å². The lowest BCUT2D eigenvalue weighted by molar-refractivity contribution is -0.127. The van der Waals surface area contributed by atoms with Crippen molar-refractivity contribution in [1.29, 1.82) is 0 Å². The fraction of sp³-hybridized carbons (Fsp3) is 0.111. The third kappa shape index (κ3) is 2.63. The molecular formula is C18H16N2O2. The second-order valence-electron chi connectivity index (χ2n) is 5.12. The van der Waals surface area contributed by atoms with Crippen LogP contribution in [0.2, 0.25) is 0 Å². The molecule has 0 saturated carbocycles. The van der Waals surface area contributed by atoms with E-state index in [9.17, 15) is 9.59 Å². The molecule has 1 N–H and O–H groups in total. The van der Waals surface area contributed by atoms with Gasteiger partial charge >= 0.3 is 6.03 Å². The van der Waals surface area contributed by atoms with Crippen LogP contribution < -0.4 is 5.32 Å². The molecule has 0 bridgehead atoms. The quantitative estimate of drug-likeness (QED) is 0.923. The van der Waals surface area contributed by atoms with Gasteiger partial charge in [-0.1, -0.05) is 60.7 Å². The molecule has 4 heteroatoms. The molecule has 2 aromatic rings. The van der Waals surface area contributed by atoms with Crippen molar-refractivity contribution in [2.24, 2.45) is 0 Å². The van der Waals surface area contributed by atoms with Gasteiger partial charge in [0.05, 0.1) is 6.04 Å². The predicted molar refractivity (Wildman–Crippen MR) is 84.7 cm³/mol. The molecule has 3 rings (SSSR count). The molecule has 2 aromatic carbocycles. The maximum Gasteiger partial charge on any atom is 0.329 e. The van der Waals surface area contributed by atoms with E-state index >= 15 is 0 Å². The Balaban J connectivity index is 2.08. The van der Waals surface area contributed by atoms with Crippen LogP contribution in [0.1, 0.15) is 24.1 Å². The molecule has 4 nitrogen and oxygen atoms in total. The van der Waals surface area contributed by atoms with Crippen LogP contribution in [0.4, 0.5) is 4.79 Å². The average Bonchev–Trinajstić information content (AvgIpc) is 2.55. The number of nitrogens with zero attached hydrogens (tertiary/aromatic N) is 1. The molecule has 1 heterocycles. The van der Waals surface area contributed by atoms with Crippen LogP contribution in [-0.4, -0.2) is 16.8 Å². The number of urea groups is 1. The fourth-order valence-corrected chi connectivity index (χ4v) is 2.60. The van der Waals surface area contributed by atoms with Crippen LogP contribution >= 0.6 is 0 Å². The number of nitrogens with one attached hydrogen (secondary N) is 1. The van der Waals surface area contributed by atoms with Crippen LogP contribution in [-0.2, 0) is 4.79 Å². The van der Waals surface area contributed by atoms with E-state index in [-0.39, 0.29) is 5.91 Å². The molecule has 110 valence electrons. The van der Waals surface area contributed by atoms with E-state index in [2.05, 4.69) is 5.32 Å². The highest BCUT2D eigenvalue weighted by atomic mass is 16.2. The summed E-state index contributed by atoms with van der Waals surface area (Å²) in [7, 11) is 0. The molecule has 1 unspecified atom stereocenters. The molecule has 22 heavy (non-hydrogen) atoms. The predicted octanol–water partition coefficient (Wildman–Crippen LogP) is 3.34. The molecule has 0 radical (unpaired) electrons. The fourth-order valence-electron chi connectivity index (χ4n) is 2.60. The molecule has 0 fully saturated rings. The first-order chi connectivity index (χ1) is 10.7. The van der Waals surface area contributed by atoms with Gasteiger partial charge in [0, 0.05) is 12.6 Å². The second-order valence-corrected chi connectivity index (χ2v) is 5.12.